The molecule has 0 atom stereocenters. The third kappa shape index (κ3) is 2.83. The molecule has 0 unspecified atom stereocenters. The van der Waals surface area contributed by atoms with Crippen molar-refractivity contribution in [2.75, 3.05) is 0 Å². The van der Waals surface area contributed by atoms with Crippen LogP contribution in [0.5, 0.6) is 0 Å². The molecule has 92 valence electrons. The van der Waals surface area contributed by atoms with Gasteiger partial charge in [-0.25, -0.2) is 4.39 Å². The Balaban J connectivity index is 2.70. The van der Waals surface area contributed by atoms with Crippen LogP contribution in [0.25, 0.3) is 0 Å². The summed E-state index contributed by atoms with van der Waals surface area (Å²) in [5.41, 5.74) is -0.794. The molecule has 1 aliphatic carbocycles. The average molecular weight is 228 g/mol. The van der Waals surface area contributed by atoms with E-state index < -0.39 is 17.2 Å². The maximum absolute atomic E-state index is 13.5. The molecule has 1 rings (SSSR count). The molecule has 0 aromatic rings. The highest BCUT2D eigenvalue weighted by Crippen LogP contribution is 2.48. The lowest BCUT2D eigenvalue weighted by Gasteiger charge is -2.39. The molecule has 0 aliphatic heterocycles. The van der Waals surface area contributed by atoms with Gasteiger partial charge in [0.05, 0.1) is 12.2 Å². The molecule has 0 spiro atoms. The lowest BCUT2D eigenvalue weighted by molar-refractivity contribution is -0.140. The van der Waals surface area contributed by atoms with Crippen LogP contribution < -0.4 is 0 Å². The van der Waals surface area contributed by atoms with Crippen LogP contribution in [0.1, 0.15) is 46.0 Å². The van der Waals surface area contributed by atoms with Gasteiger partial charge in [0.1, 0.15) is 0 Å². The molecule has 1 N–H and O–H groups in total. The first kappa shape index (κ1) is 13.2. The Morgan fingerprint density at radius 3 is 2.31 bits per heavy atom. The lowest BCUT2D eigenvalue weighted by Crippen LogP contribution is -2.32. The summed E-state index contributed by atoms with van der Waals surface area (Å²) >= 11 is 0. The summed E-state index contributed by atoms with van der Waals surface area (Å²) in [7, 11) is 0. The monoisotopic (exact) mass is 228 g/mol. The maximum atomic E-state index is 13.5. The number of hydrogen-bond acceptors (Lipinski definition) is 1. The Morgan fingerprint density at radius 1 is 1.50 bits per heavy atom. The van der Waals surface area contributed by atoms with E-state index >= 15 is 0 Å². The molecule has 0 aromatic heterocycles. The van der Waals surface area contributed by atoms with E-state index in [9.17, 15) is 9.18 Å². The van der Waals surface area contributed by atoms with Crippen LogP contribution in [0.4, 0.5) is 4.39 Å². The first-order valence-corrected chi connectivity index (χ1v) is 5.94. The van der Waals surface area contributed by atoms with Crippen LogP contribution in [0, 0.1) is 17.3 Å². The van der Waals surface area contributed by atoms with Crippen molar-refractivity contribution in [3.8, 4) is 0 Å². The van der Waals surface area contributed by atoms with Gasteiger partial charge in [-0.3, -0.25) is 4.79 Å². The normalized spacial score (nSPS) is 30.4. The molecular formula is C13H21FO2. The van der Waals surface area contributed by atoms with E-state index in [-0.39, 0.29) is 6.42 Å². The van der Waals surface area contributed by atoms with E-state index in [0.717, 1.165) is 12.8 Å². The standard InChI is InChI=1S/C13H21FO2/c1-9(2)11-4-6-13(7-5-11,10(3)14)8-12(15)16/h9,11H,3-8H2,1-2H3,(H,15,16). The minimum absolute atomic E-state index is 0.118. The zero-order chi connectivity index (χ0) is 12.3. The lowest BCUT2D eigenvalue weighted by atomic mass is 9.66. The molecular weight excluding hydrogens is 207 g/mol. The Bertz CT molecular complexity index is 276. The second kappa shape index (κ2) is 4.98. The van der Waals surface area contributed by atoms with Gasteiger partial charge in [-0.05, 0) is 37.5 Å². The van der Waals surface area contributed by atoms with Crippen LogP contribution in [-0.4, -0.2) is 11.1 Å². The Labute approximate surface area is 96.5 Å². The highest BCUT2D eigenvalue weighted by molar-refractivity contribution is 5.68. The van der Waals surface area contributed by atoms with Gasteiger partial charge in [-0.1, -0.05) is 20.4 Å². The zero-order valence-electron chi connectivity index (χ0n) is 10.1. The van der Waals surface area contributed by atoms with Gasteiger partial charge in [0.2, 0.25) is 0 Å². The van der Waals surface area contributed by atoms with Gasteiger partial charge < -0.3 is 5.11 Å². The quantitative estimate of drug-likeness (QED) is 0.795. The molecule has 1 saturated carbocycles. The van der Waals surface area contributed by atoms with E-state index in [2.05, 4.69) is 20.4 Å². The Kier molecular flexibility index (Phi) is 4.11. The molecule has 0 heterocycles. The van der Waals surface area contributed by atoms with Crippen molar-refractivity contribution >= 4 is 5.97 Å². The molecule has 2 nitrogen and oxygen atoms in total. The number of allylic oxidation sites excluding steroid dienone is 1. The summed E-state index contributed by atoms with van der Waals surface area (Å²) in [6.45, 7) is 7.68. The van der Waals surface area contributed by atoms with Crippen molar-refractivity contribution in [1.82, 2.24) is 0 Å². The van der Waals surface area contributed by atoms with E-state index in [1.54, 1.807) is 0 Å². The van der Waals surface area contributed by atoms with Crippen LogP contribution >= 0.6 is 0 Å². The number of halogens is 1. The molecule has 3 heteroatoms. The van der Waals surface area contributed by atoms with Crippen molar-refractivity contribution in [2.45, 2.75) is 46.0 Å². The number of hydrogen-bond donors (Lipinski definition) is 1. The van der Waals surface area contributed by atoms with Gasteiger partial charge in [-0.2, -0.15) is 0 Å². The van der Waals surface area contributed by atoms with E-state index in [0.29, 0.717) is 24.7 Å². The fourth-order valence-electron chi connectivity index (χ4n) is 2.69. The highest BCUT2D eigenvalue weighted by Gasteiger charge is 2.40. The van der Waals surface area contributed by atoms with E-state index in [1.807, 2.05) is 0 Å². The van der Waals surface area contributed by atoms with Crippen molar-refractivity contribution in [3.63, 3.8) is 0 Å². The number of carboxylic acids is 1. The van der Waals surface area contributed by atoms with Crippen LogP contribution in [0.3, 0.4) is 0 Å². The molecule has 0 bridgehead atoms. The summed E-state index contributed by atoms with van der Waals surface area (Å²) in [5, 5.41) is 8.85. The van der Waals surface area contributed by atoms with Gasteiger partial charge in [0.15, 0.2) is 0 Å². The fourth-order valence-corrected chi connectivity index (χ4v) is 2.69. The predicted octanol–water partition coefficient (Wildman–Crippen LogP) is 3.78. The van der Waals surface area contributed by atoms with Crippen LogP contribution in [-0.2, 0) is 4.79 Å². The summed E-state index contributed by atoms with van der Waals surface area (Å²) in [5.74, 6) is -0.184. The third-order valence-corrected chi connectivity index (χ3v) is 4.00. The smallest absolute Gasteiger partial charge is 0.304 e. The topological polar surface area (TPSA) is 37.3 Å². The summed E-state index contributed by atoms with van der Waals surface area (Å²) in [4.78, 5) is 10.8. The van der Waals surface area contributed by atoms with Gasteiger partial charge >= 0.3 is 5.97 Å². The maximum Gasteiger partial charge on any atom is 0.304 e. The molecule has 1 fully saturated rings. The second-order valence-electron chi connectivity index (χ2n) is 5.34. The molecule has 0 radical (unpaired) electrons. The Hall–Kier alpha value is -0.860. The highest BCUT2D eigenvalue weighted by atomic mass is 19.1. The van der Waals surface area contributed by atoms with Gasteiger partial charge in [0.25, 0.3) is 0 Å². The first-order chi connectivity index (χ1) is 7.37. The van der Waals surface area contributed by atoms with Crippen LogP contribution in [0.2, 0.25) is 0 Å². The molecule has 0 amide bonds. The summed E-state index contributed by atoms with van der Waals surface area (Å²) in [6.07, 6.45) is 2.95. The zero-order valence-corrected chi connectivity index (χ0v) is 10.1. The molecule has 0 saturated heterocycles. The molecule has 0 aromatic carbocycles. The van der Waals surface area contributed by atoms with Gasteiger partial charge in [0, 0.05) is 5.41 Å². The van der Waals surface area contributed by atoms with Crippen molar-refractivity contribution in [2.24, 2.45) is 17.3 Å². The van der Waals surface area contributed by atoms with Crippen molar-refractivity contribution in [1.29, 1.82) is 0 Å². The predicted molar refractivity (Wildman–Crippen MR) is 61.7 cm³/mol. The largest absolute Gasteiger partial charge is 0.481 e. The minimum atomic E-state index is -0.929. The summed E-state index contributed by atoms with van der Waals surface area (Å²) in [6, 6.07) is 0. The molecule has 16 heavy (non-hydrogen) atoms. The fraction of sp³-hybridized carbons (Fsp3) is 0.769. The average Bonchev–Trinajstić information content (AvgIpc) is 2.17. The van der Waals surface area contributed by atoms with Crippen LogP contribution in [0.15, 0.2) is 12.4 Å². The number of carboxylic acid groups (broad SMARTS) is 1. The number of carbonyl (C=O) groups is 1. The second-order valence-corrected chi connectivity index (χ2v) is 5.34. The summed E-state index contributed by atoms with van der Waals surface area (Å²) < 4.78 is 13.5. The van der Waals surface area contributed by atoms with E-state index in [1.165, 1.54) is 0 Å². The first-order valence-electron chi connectivity index (χ1n) is 5.94. The number of aliphatic carboxylic acids is 1. The minimum Gasteiger partial charge on any atom is -0.481 e. The SMILES string of the molecule is C=C(F)C1(CC(=O)O)CCC(C(C)C)CC1. The third-order valence-electron chi connectivity index (χ3n) is 4.00. The number of rotatable bonds is 4. The van der Waals surface area contributed by atoms with E-state index in [4.69, 9.17) is 5.11 Å². The Morgan fingerprint density at radius 2 is 2.00 bits per heavy atom. The molecule has 1 aliphatic rings. The van der Waals surface area contributed by atoms with Gasteiger partial charge in [-0.15, -0.1) is 0 Å². The van der Waals surface area contributed by atoms with Crippen molar-refractivity contribution in [3.05, 3.63) is 12.4 Å². The van der Waals surface area contributed by atoms with Crippen molar-refractivity contribution < 1.29 is 14.3 Å².